The van der Waals surface area contributed by atoms with Gasteiger partial charge < -0.3 is 5.32 Å². The second kappa shape index (κ2) is 4.72. The molecule has 0 unspecified atom stereocenters. The van der Waals surface area contributed by atoms with Crippen molar-refractivity contribution in [1.82, 2.24) is 10.3 Å². The van der Waals surface area contributed by atoms with E-state index in [1.54, 1.807) is 12.3 Å². The highest BCUT2D eigenvalue weighted by molar-refractivity contribution is 7.15. The van der Waals surface area contributed by atoms with Crippen molar-refractivity contribution in [3.63, 3.8) is 0 Å². The first-order chi connectivity index (χ1) is 7.70. The lowest BCUT2D eigenvalue weighted by Crippen LogP contribution is -2.02. The van der Waals surface area contributed by atoms with E-state index in [2.05, 4.69) is 10.3 Å². The van der Waals surface area contributed by atoms with Gasteiger partial charge in [0, 0.05) is 23.2 Å². The Morgan fingerprint density at radius 2 is 2.25 bits per heavy atom. The van der Waals surface area contributed by atoms with Crippen molar-refractivity contribution in [3.8, 4) is 10.6 Å². The highest BCUT2D eigenvalue weighted by atomic mass is 32.1. The number of aryl methyl sites for hydroxylation is 1. The molecule has 0 bridgehead atoms. The summed E-state index contributed by atoms with van der Waals surface area (Å²) in [4.78, 5) is 5.34. The molecule has 0 atom stereocenters. The highest BCUT2D eigenvalue weighted by Crippen LogP contribution is 2.27. The summed E-state index contributed by atoms with van der Waals surface area (Å²) in [7, 11) is 1.88. The van der Waals surface area contributed by atoms with Gasteiger partial charge in [-0.25, -0.2) is 9.37 Å². The lowest BCUT2D eigenvalue weighted by molar-refractivity contribution is 0.630. The first kappa shape index (κ1) is 11.2. The topological polar surface area (TPSA) is 24.9 Å². The predicted octanol–water partition coefficient (Wildman–Crippen LogP) is 2.98. The van der Waals surface area contributed by atoms with Crippen LogP contribution in [0.1, 0.15) is 10.4 Å². The smallest absolute Gasteiger partial charge is 0.133 e. The summed E-state index contributed by atoms with van der Waals surface area (Å²) in [5, 5.41) is 3.79. The molecule has 0 aliphatic carbocycles. The Balaban J connectivity index is 2.35. The molecule has 0 saturated heterocycles. The number of thiazole rings is 1. The van der Waals surface area contributed by atoms with Crippen molar-refractivity contribution in [1.29, 1.82) is 0 Å². The third-order valence-electron chi connectivity index (χ3n) is 2.26. The number of nitrogens with one attached hydrogen (secondary N) is 1. The minimum atomic E-state index is -0.203. The van der Waals surface area contributed by atoms with Crippen LogP contribution in [0, 0.1) is 12.7 Å². The molecule has 1 aromatic carbocycles. The van der Waals surface area contributed by atoms with Crippen molar-refractivity contribution in [2.24, 2.45) is 0 Å². The van der Waals surface area contributed by atoms with Crippen LogP contribution in [0.4, 0.5) is 4.39 Å². The zero-order valence-corrected chi connectivity index (χ0v) is 10.1. The Bertz CT molecular complexity index is 494. The quantitative estimate of drug-likeness (QED) is 0.886. The number of benzene rings is 1. The van der Waals surface area contributed by atoms with E-state index in [9.17, 15) is 4.39 Å². The largest absolute Gasteiger partial charge is 0.315 e. The Kier molecular flexibility index (Phi) is 3.31. The van der Waals surface area contributed by atoms with Crippen molar-refractivity contribution in [2.75, 3.05) is 7.05 Å². The molecule has 2 nitrogen and oxygen atoms in total. The average molecular weight is 236 g/mol. The summed E-state index contributed by atoms with van der Waals surface area (Å²) < 4.78 is 13.7. The molecule has 4 heteroatoms. The molecule has 84 valence electrons. The standard InChI is InChI=1S/C12H13FN2S/c1-8-3-4-10(11(13)5-8)12-15-7-9(16-12)6-14-2/h3-5,7,14H,6H2,1-2H3. The Hall–Kier alpha value is -1.26. The van der Waals surface area contributed by atoms with Crippen LogP contribution >= 0.6 is 11.3 Å². The van der Waals surface area contributed by atoms with Gasteiger partial charge in [0.2, 0.25) is 0 Å². The lowest BCUT2D eigenvalue weighted by atomic mass is 10.1. The number of hydrogen-bond acceptors (Lipinski definition) is 3. The molecular formula is C12H13FN2S. The molecule has 0 fully saturated rings. The number of nitrogens with zero attached hydrogens (tertiary/aromatic N) is 1. The molecule has 0 amide bonds. The molecule has 0 aliphatic rings. The molecule has 2 aromatic rings. The summed E-state index contributed by atoms with van der Waals surface area (Å²) in [5.41, 5.74) is 1.51. The van der Waals surface area contributed by atoms with Crippen LogP contribution in [0.15, 0.2) is 24.4 Å². The van der Waals surface area contributed by atoms with Gasteiger partial charge in [-0.3, -0.25) is 0 Å². The van der Waals surface area contributed by atoms with Crippen LogP contribution < -0.4 is 5.32 Å². The van der Waals surface area contributed by atoms with Crippen LogP contribution in [0.5, 0.6) is 0 Å². The van der Waals surface area contributed by atoms with Gasteiger partial charge in [0.15, 0.2) is 0 Å². The normalized spacial score (nSPS) is 10.7. The van der Waals surface area contributed by atoms with Gasteiger partial charge >= 0.3 is 0 Å². The third-order valence-corrected chi connectivity index (χ3v) is 3.29. The molecule has 0 spiro atoms. The predicted molar refractivity (Wildman–Crippen MR) is 65.0 cm³/mol. The second-order valence-corrected chi connectivity index (χ2v) is 4.76. The zero-order chi connectivity index (χ0) is 11.5. The van der Waals surface area contributed by atoms with Crippen LogP contribution in [-0.4, -0.2) is 12.0 Å². The summed E-state index contributed by atoms with van der Waals surface area (Å²) in [6.07, 6.45) is 1.79. The molecule has 0 saturated carbocycles. The van der Waals surface area contributed by atoms with Gasteiger partial charge in [0.1, 0.15) is 10.8 Å². The van der Waals surface area contributed by atoms with Crippen LogP contribution in [0.3, 0.4) is 0 Å². The molecule has 0 radical (unpaired) electrons. The fraction of sp³-hybridized carbons (Fsp3) is 0.250. The van der Waals surface area contributed by atoms with E-state index in [-0.39, 0.29) is 5.82 Å². The highest BCUT2D eigenvalue weighted by Gasteiger charge is 2.09. The van der Waals surface area contributed by atoms with E-state index >= 15 is 0 Å². The first-order valence-corrected chi connectivity index (χ1v) is 5.88. The summed E-state index contributed by atoms with van der Waals surface area (Å²) in [6, 6.07) is 5.22. The molecular weight excluding hydrogens is 223 g/mol. The van der Waals surface area contributed by atoms with E-state index in [1.807, 2.05) is 20.0 Å². The van der Waals surface area contributed by atoms with Gasteiger partial charge in [0.05, 0.1) is 0 Å². The van der Waals surface area contributed by atoms with Gasteiger partial charge in [-0.15, -0.1) is 11.3 Å². The number of aromatic nitrogens is 1. The van der Waals surface area contributed by atoms with E-state index in [0.29, 0.717) is 5.56 Å². The fourth-order valence-electron chi connectivity index (χ4n) is 1.48. The number of rotatable bonds is 3. The third kappa shape index (κ3) is 2.28. The maximum atomic E-state index is 13.7. The van der Waals surface area contributed by atoms with Crippen molar-refractivity contribution >= 4 is 11.3 Å². The minimum absolute atomic E-state index is 0.203. The summed E-state index contributed by atoms with van der Waals surface area (Å²) in [6.45, 7) is 2.65. The minimum Gasteiger partial charge on any atom is -0.315 e. The van der Waals surface area contributed by atoms with Crippen molar-refractivity contribution in [3.05, 3.63) is 40.7 Å². The SMILES string of the molecule is CNCc1cnc(-c2ccc(C)cc2F)s1. The van der Waals surface area contributed by atoms with Crippen molar-refractivity contribution < 1.29 is 4.39 Å². The summed E-state index contributed by atoms with van der Waals surface area (Å²) >= 11 is 1.52. The lowest BCUT2D eigenvalue weighted by Gasteiger charge is -1.99. The fourth-order valence-corrected chi connectivity index (χ4v) is 2.43. The van der Waals surface area contributed by atoms with E-state index in [0.717, 1.165) is 22.0 Å². The van der Waals surface area contributed by atoms with Gasteiger partial charge in [-0.2, -0.15) is 0 Å². The Morgan fingerprint density at radius 3 is 2.94 bits per heavy atom. The molecule has 0 aliphatic heterocycles. The molecule has 1 N–H and O–H groups in total. The van der Waals surface area contributed by atoms with E-state index in [4.69, 9.17) is 0 Å². The maximum Gasteiger partial charge on any atom is 0.133 e. The molecule has 16 heavy (non-hydrogen) atoms. The van der Waals surface area contributed by atoms with Gasteiger partial charge in [0.25, 0.3) is 0 Å². The average Bonchev–Trinajstić information content (AvgIpc) is 2.67. The van der Waals surface area contributed by atoms with E-state index < -0.39 is 0 Å². The van der Waals surface area contributed by atoms with E-state index in [1.165, 1.54) is 17.4 Å². The van der Waals surface area contributed by atoms with Gasteiger partial charge in [-0.1, -0.05) is 6.07 Å². The van der Waals surface area contributed by atoms with Crippen LogP contribution in [0.2, 0.25) is 0 Å². The number of hydrogen-bond donors (Lipinski definition) is 1. The zero-order valence-electron chi connectivity index (χ0n) is 9.25. The Morgan fingerprint density at radius 1 is 1.44 bits per heavy atom. The van der Waals surface area contributed by atoms with Crippen LogP contribution in [0.25, 0.3) is 10.6 Å². The Labute approximate surface area is 98.2 Å². The second-order valence-electron chi connectivity index (χ2n) is 3.65. The summed E-state index contributed by atoms with van der Waals surface area (Å²) in [5.74, 6) is -0.203. The molecule has 2 rings (SSSR count). The van der Waals surface area contributed by atoms with Crippen LogP contribution in [-0.2, 0) is 6.54 Å². The van der Waals surface area contributed by atoms with Crippen molar-refractivity contribution in [2.45, 2.75) is 13.5 Å². The monoisotopic (exact) mass is 236 g/mol. The molecule has 1 aromatic heterocycles. The molecule has 1 heterocycles. The maximum absolute atomic E-state index is 13.7. The first-order valence-electron chi connectivity index (χ1n) is 5.06. The van der Waals surface area contributed by atoms with Gasteiger partial charge in [-0.05, 0) is 31.7 Å². The number of halogens is 1.